The van der Waals surface area contributed by atoms with Gasteiger partial charge in [0, 0.05) is 6.20 Å². The van der Waals surface area contributed by atoms with Crippen LogP contribution in [0.15, 0.2) is 30.5 Å². The Morgan fingerprint density at radius 2 is 1.88 bits per heavy atom. The van der Waals surface area contributed by atoms with E-state index in [0.29, 0.717) is 11.8 Å². The second-order valence-electron chi connectivity index (χ2n) is 5.03. The minimum Gasteiger partial charge on any atom is -0.257 e. The van der Waals surface area contributed by atoms with Crippen LogP contribution in [-0.2, 0) is 0 Å². The lowest BCUT2D eigenvalue weighted by Crippen LogP contribution is -2.12. The summed E-state index contributed by atoms with van der Waals surface area (Å²) in [5.74, 6) is 2.03. The summed E-state index contributed by atoms with van der Waals surface area (Å²) in [6.45, 7) is 11.3. The molecule has 0 amide bonds. The molecule has 0 N–H and O–H groups in total. The first-order valence-corrected chi connectivity index (χ1v) is 6.12. The Morgan fingerprint density at radius 3 is 2.38 bits per heavy atom. The van der Waals surface area contributed by atoms with Crippen LogP contribution in [0.1, 0.15) is 40.3 Å². The van der Waals surface area contributed by atoms with Crippen molar-refractivity contribution in [2.45, 2.75) is 34.6 Å². The normalized spacial score (nSPS) is 16.2. The SMILES string of the molecule is C/C(=C\C(C)[C@H](C)C(C)C)c1ccccn1. The first kappa shape index (κ1) is 13.0. The van der Waals surface area contributed by atoms with E-state index in [1.54, 1.807) is 0 Å². The van der Waals surface area contributed by atoms with Gasteiger partial charge in [0.05, 0.1) is 5.69 Å². The fraction of sp³-hybridized carbons (Fsp3) is 0.533. The smallest absolute Gasteiger partial charge is 0.0655 e. The molecule has 0 aliphatic rings. The summed E-state index contributed by atoms with van der Waals surface area (Å²) in [5, 5.41) is 0. The summed E-state index contributed by atoms with van der Waals surface area (Å²) >= 11 is 0. The predicted octanol–water partition coefficient (Wildman–Crippen LogP) is 4.41. The van der Waals surface area contributed by atoms with E-state index in [2.05, 4.69) is 51.7 Å². The van der Waals surface area contributed by atoms with Crippen LogP contribution in [-0.4, -0.2) is 4.98 Å². The molecule has 1 aromatic heterocycles. The third-order valence-corrected chi connectivity index (χ3v) is 3.46. The fourth-order valence-electron chi connectivity index (χ4n) is 1.83. The Labute approximate surface area is 99.6 Å². The topological polar surface area (TPSA) is 12.9 Å². The molecular formula is C15H23N. The van der Waals surface area contributed by atoms with Gasteiger partial charge in [-0.2, -0.15) is 0 Å². The van der Waals surface area contributed by atoms with Crippen LogP contribution in [0, 0.1) is 17.8 Å². The van der Waals surface area contributed by atoms with E-state index in [4.69, 9.17) is 0 Å². The Kier molecular flexibility index (Phi) is 4.72. The highest BCUT2D eigenvalue weighted by Crippen LogP contribution is 2.24. The van der Waals surface area contributed by atoms with Crippen LogP contribution in [0.2, 0.25) is 0 Å². The first-order chi connectivity index (χ1) is 7.52. The Balaban J connectivity index is 2.77. The van der Waals surface area contributed by atoms with Crippen LogP contribution < -0.4 is 0 Å². The second-order valence-corrected chi connectivity index (χ2v) is 5.03. The van der Waals surface area contributed by atoms with E-state index in [-0.39, 0.29) is 0 Å². The standard InChI is InChI=1S/C15H23N/c1-11(2)14(5)12(3)10-13(4)15-8-6-7-9-16-15/h6-12,14H,1-5H3/b13-10+/t12?,14-/m1/s1. The van der Waals surface area contributed by atoms with Gasteiger partial charge < -0.3 is 0 Å². The number of pyridine rings is 1. The molecule has 0 aliphatic heterocycles. The maximum atomic E-state index is 4.37. The highest BCUT2D eigenvalue weighted by molar-refractivity contribution is 5.60. The van der Waals surface area contributed by atoms with Gasteiger partial charge in [-0.1, -0.05) is 39.8 Å². The van der Waals surface area contributed by atoms with Gasteiger partial charge in [-0.05, 0) is 42.4 Å². The Hall–Kier alpha value is -1.11. The van der Waals surface area contributed by atoms with E-state index in [1.807, 2.05) is 18.3 Å². The number of nitrogens with zero attached hydrogens (tertiary/aromatic N) is 1. The quantitative estimate of drug-likeness (QED) is 0.728. The summed E-state index contributed by atoms with van der Waals surface area (Å²) in [7, 11) is 0. The van der Waals surface area contributed by atoms with E-state index in [1.165, 1.54) is 5.57 Å². The van der Waals surface area contributed by atoms with Crippen LogP contribution >= 0.6 is 0 Å². The molecule has 0 saturated carbocycles. The summed E-state index contributed by atoms with van der Waals surface area (Å²) in [6, 6.07) is 6.06. The van der Waals surface area contributed by atoms with Gasteiger partial charge in [0.15, 0.2) is 0 Å². The largest absolute Gasteiger partial charge is 0.257 e. The van der Waals surface area contributed by atoms with Gasteiger partial charge in [0.1, 0.15) is 0 Å². The minimum atomic E-state index is 0.599. The monoisotopic (exact) mass is 217 g/mol. The molecule has 0 aliphatic carbocycles. The molecule has 0 saturated heterocycles. The van der Waals surface area contributed by atoms with Crippen molar-refractivity contribution >= 4 is 5.57 Å². The molecule has 0 fully saturated rings. The van der Waals surface area contributed by atoms with Gasteiger partial charge in [0.25, 0.3) is 0 Å². The fourth-order valence-corrected chi connectivity index (χ4v) is 1.83. The van der Waals surface area contributed by atoms with Crippen molar-refractivity contribution in [2.75, 3.05) is 0 Å². The van der Waals surface area contributed by atoms with E-state index in [9.17, 15) is 0 Å². The molecule has 2 atom stereocenters. The lowest BCUT2D eigenvalue weighted by molar-refractivity contribution is 0.343. The number of aromatic nitrogens is 1. The van der Waals surface area contributed by atoms with Crippen LogP contribution in [0.5, 0.6) is 0 Å². The highest BCUT2D eigenvalue weighted by Gasteiger charge is 2.13. The molecule has 1 aromatic rings. The van der Waals surface area contributed by atoms with Crippen LogP contribution in [0.25, 0.3) is 5.57 Å². The molecule has 1 unspecified atom stereocenters. The zero-order valence-electron chi connectivity index (χ0n) is 11.1. The zero-order valence-corrected chi connectivity index (χ0v) is 11.1. The highest BCUT2D eigenvalue weighted by atomic mass is 14.7. The third-order valence-electron chi connectivity index (χ3n) is 3.46. The van der Waals surface area contributed by atoms with Crippen molar-refractivity contribution in [1.29, 1.82) is 0 Å². The molecule has 0 bridgehead atoms. The van der Waals surface area contributed by atoms with Crippen molar-refractivity contribution in [1.82, 2.24) is 4.98 Å². The van der Waals surface area contributed by atoms with Gasteiger partial charge in [-0.25, -0.2) is 0 Å². The Morgan fingerprint density at radius 1 is 1.19 bits per heavy atom. The van der Waals surface area contributed by atoms with Crippen LogP contribution in [0.4, 0.5) is 0 Å². The maximum absolute atomic E-state index is 4.37. The summed E-state index contributed by atoms with van der Waals surface area (Å²) in [4.78, 5) is 4.37. The van der Waals surface area contributed by atoms with Crippen molar-refractivity contribution in [3.05, 3.63) is 36.2 Å². The molecule has 1 heterocycles. The van der Waals surface area contributed by atoms with Gasteiger partial charge >= 0.3 is 0 Å². The van der Waals surface area contributed by atoms with Crippen molar-refractivity contribution in [3.8, 4) is 0 Å². The number of hydrogen-bond acceptors (Lipinski definition) is 1. The summed E-state index contributed by atoms with van der Waals surface area (Å²) < 4.78 is 0. The van der Waals surface area contributed by atoms with E-state index < -0.39 is 0 Å². The van der Waals surface area contributed by atoms with Gasteiger partial charge in [-0.15, -0.1) is 0 Å². The summed E-state index contributed by atoms with van der Waals surface area (Å²) in [5.41, 5.74) is 2.37. The van der Waals surface area contributed by atoms with E-state index in [0.717, 1.165) is 11.6 Å². The van der Waals surface area contributed by atoms with Crippen molar-refractivity contribution < 1.29 is 0 Å². The Bertz CT molecular complexity index is 338. The lowest BCUT2D eigenvalue weighted by Gasteiger charge is -2.21. The molecule has 1 heteroatoms. The first-order valence-electron chi connectivity index (χ1n) is 6.12. The minimum absolute atomic E-state index is 0.599. The molecule has 1 rings (SSSR count). The molecule has 88 valence electrons. The van der Waals surface area contributed by atoms with E-state index >= 15 is 0 Å². The number of allylic oxidation sites excluding steroid dienone is 2. The average molecular weight is 217 g/mol. The van der Waals surface area contributed by atoms with Crippen molar-refractivity contribution in [2.24, 2.45) is 17.8 Å². The molecule has 1 nitrogen and oxygen atoms in total. The van der Waals surface area contributed by atoms with Gasteiger partial charge in [-0.3, -0.25) is 4.98 Å². The average Bonchev–Trinajstić information content (AvgIpc) is 2.28. The zero-order chi connectivity index (χ0) is 12.1. The number of hydrogen-bond donors (Lipinski definition) is 0. The van der Waals surface area contributed by atoms with Crippen molar-refractivity contribution in [3.63, 3.8) is 0 Å². The predicted molar refractivity (Wildman–Crippen MR) is 71.1 cm³/mol. The van der Waals surface area contributed by atoms with Crippen LogP contribution in [0.3, 0.4) is 0 Å². The molecule has 0 spiro atoms. The second kappa shape index (κ2) is 5.83. The lowest BCUT2D eigenvalue weighted by atomic mass is 9.85. The maximum Gasteiger partial charge on any atom is 0.0655 e. The molecule has 0 radical (unpaired) electrons. The molecule has 16 heavy (non-hydrogen) atoms. The molecule has 0 aromatic carbocycles. The number of rotatable bonds is 4. The third kappa shape index (κ3) is 3.48. The molecular weight excluding hydrogens is 194 g/mol. The summed E-state index contributed by atoms with van der Waals surface area (Å²) in [6.07, 6.45) is 4.19. The van der Waals surface area contributed by atoms with Gasteiger partial charge in [0.2, 0.25) is 0 Å².